The molecule has 2 aromatic heterocycles. The van der Waals surface area contributed by atoms with Gasteiger partial charge in [0.25, 0.3) is 0 Å². The summed E-state index contributed by atoms with van der Waals surface area (Å²) in [5, 5.41) is 7.66. The van der Waals surface area contributed by atoms with Crippen molar-refractivity contribution in [2.75, 3.05) is 7.11 Å². The van der Waals surface area contributed by atoms with E-state index < -0.39 is 0 Å². The number of rotatable bonds is 1. The quantitative estimate of drug-likeness (QED) is 0.657. The fraction of sp³-hybridized carbons (Fsp3) is 0.143. The van der Waals surface area contributed by atoms with Crippen LogP contribution < -0.4 is 4.74 Å². The highest BCUT2D eigenvalue weighted by Crippen LogP contribution is 2.19. The zero-order valence-corrected chi connectivity index (χ0v) is 6.03. The van der Waals surface area contributed by atoms with Gasteiger partial charge in [-0.2, -0.15) is 0 Å². The monoisotopic (exact) mass is 149 g/mol. The molecule has 0 unspecified atom stereocenters. The first-order valence-corrected chi connectivity index (χ1v) is 3.24. The fourth-order valence-corrected chi connectivity index (χ4v) is 0.989. The smallest absolute Gasteiger partial charge is 0.241 e. The third kappa shape index (κ3) is 0.832. The van der Waals surface area contributed by atoms with Crippen LogP contribution in [0.5, 0.6) is 5.88 Å². The van der Waals surface area contributed by atoms with Crippen molar-refractivity contribution in [1.29, 1.82) is 0 Å². The summed E-state index contributed by atoms with van der Waals surface area (Å²) in [5.41, 5.74) is 0.942. The highest BCUT2D eigenvalue weighted by Gasteiger charge is 2.02. The molecule has 0 amide bonds. The molecule has 0 bridgehead atoms. The number of pyridine rings is 1. The molecule has 0 atom stereocenters. The van der Waals surface area contributed by atoms with E-state index in [0.717, 1.165) is 10.9 Å². The van der Waals surface area contributed by atoms with Gasteiger partial charge >= 0.3 is 0 Å². The maximum atomic E-state index is 4.99. The van der Waals surface area contributed by atoms with E-state index >= 15 is 0 Å². The van der Waals surface area contributed by atoms with Gasteiger partial charge in [-0.3, -0.25) is 10.1 Å². The van der Waals surface area contributed by atoms with Crippen molar-refractivity contribution in [2.24, 2.45) is 0 Å². The van der Waals surface area contributed by atoms with Gasteiger partial charge in [0, 0.05) is 12.4 Å². The molecule has 0 aromatic carbocycles. The number of hydrogen-bond donors (Lipinski definition) is 1. The fourth-order valence-electron chi connectivity index (χ4n) is 0.989. The Bertz CT molecular complexity index is 368. The normalized spacial score (nSPS) is 10.3. The number of aromatic nitrogens is 3. The van der Waals surface area contributed by atoms with Crippen molar-refractivity contribution in [3.05, 3.63) is 18.5 Å². The van der Waals surface area contributed by atoms with E-state index in [-0.39, 0.29) is 0 Å². The molecule has 0 aliphatic rings. The Hall–Kier alpha value is -1.58. The van der Waals surface area contributed by atoms with Crippen LogP contribution in [0.25, 0.3) is 10.9 Å². The lowest BCUT2D eigenvalue weighted by Gasteiger charge is -1.90. The second kappa shape index (κ2) is 2.23. The lowest BCUT2D eigenvalue weighted by molar-refractivity contribution is 0.401. The maximum Gasteiger partial charge on any atom is 0.241 e. The Morgan fingerprint density at radius 3 is 3.27 bits per heavy atom. The number of hydrogen-bond acceptors (Lipinski definition) is 3. The number of aromatic amines is 1. The minimum Gasteiger partial charge on any atom is -0.479 e. The Morgan fingerprint density at radius 1 is 1.55 bits per heavy atom. The Kier molecular flexibility index (Phi) is 1.25. The van der Waals surface area contributed by atoms with Gasteiger partial charge in [-0.05, 0) is 6.07 Å². The van der Waals surface area contributed by atoms with Crippen LogP contribution in [0.2, 0.25) is 0 Å². The first-order valence-electron chi connectivity index (χ1n) is 3.24. The summed E-state index contributed by atoms with van der Waals surface area (Å²) >= 11 is 0. The van der Waals surface area contributed by atoms with Crippen molar-refractivity contribution >= 4 is 10.9 Å². The van der Waals surface area contributed by atoms with E-state index in [0.29, 0.717) is 5.88 Å². The van der Waals surface area contributed by atoms with Gasteiger partial charge < -0.3 is 4.74 Å². The molecule has 0 aliphatic heterocycles. The van der Waals surface area contributed by atoms with Gasteiger partial charge in [0.15, 0.2) is 0 Å². The number of ether oxygens (including phenoxy) is 1. The van der Waals surface area contributed by atoms with Crippen LogP contribution in [0.3, 0.4) is 0 Å². The molecule has 1 N–H and O–H groups in total. The van der Waals surface area contributed by atoms with Gasteiger partial charge in [0.05, 0.1) is 18.0 Å². The van der Waals surface area contributed by atoms with Gasteiger partial charge in [-0.15, -0.1) is 5.10 Å². The summed E-state index contributed by atoms with van der Waals surface area (Å²) in [6.45, 7) is 0. The molecule has 0 fully saturated rings. The predicted octanol–water partition coefficient (Wildman–Crippen LogP) is 0.966. The molecule has 4 heteroatoms. The topological polar surface area (TPSA) is 50.8 Å². The molecule has 0 saturated heterocycles. The van der Waals surface area contributed by atoms with Crippen LogP contribution in [0.15, 0.2) is 18.5 Å². The Balaban J connectivity index is 2.76. The largest absolute Gasteiger partial charge is 0.479 e. The Morgan fingerprint density at radius 2 is 2.45 bits per heavy atom. The number of nitrogens with one attached hydrogen (secondary N) is 1. The average Bonchev–Trinajstić information content (AvgIpc) is 2.47. The second-order valence-electron chi connectivity index (χ2n) is 2.15. The third-order valence-electron chi connectivity index (χ3n) is 1.52. The van der Waals surface area contributed by atoms with E-state index in [1.165, 1.54) is 0 Å². The summed E-state index contributed by atoms with van der Waals surface area (Å²) in [7, 11) is 1.59. The highest BCUT2D eigenvalue weighted by molar-refractivity contribution is 5.82. The summed E-state index contributed by atoms with van der Waals surface area (Å²) in [6, 6.07) is 1.85. The molecule has 2 aromatic rings. The summed E-state index contributed by atoms with van der Waals surface area (Å²) in [6.07, 6.45) is 3.43. The summed E-state index contributed by atoms with van der Waals surface area (Å²) in [4.78, 5) is 3.95. The van der Waals surface area contributed by atoms with Crippen LogP contribution in [-0.2, 0) is 0 Å². The van der Waals surface area contributed by atoms with Crippen LogP contribution in [0.4, 0.5) is 0 Å². The van der Waals surface area contributed by atoms with Crippen LogP contribution in [-0.4, -0.2) is 22.3 Å². The van der Waals surface area contributed by atoms with E-state index in [1.807, 2.05) is 6.07 Å². The van der Waals surface area contributed by atoms with E-state index in [9.17, 15) is 0 Å². The molecule has 4 nitrogen and oxygen atoms in total. The number of nitrogens with zero attached hydrogens (tertiary/aromatic N) is 2. The molecule has 0 spiro atoms. The molecule has 0 radical (unpaired) electrons. The van der Waals surface area contributed by atoms with E-state index in [4.69, 9.17) is 4.74 Å². The van der Waals surface area contributed by atoms with Crippen molar-refractivity contribution in [3.8, 4) is 5.88 Å². The third-order valence-corrected chi connectivity index (χ3v) is 1.52. The Labute approximate surface area is 63.2 Å². The summed E-state index contributed by atoms with van der Waals surface area (Å²) in [5.74, 6) is 0.591. The van der Waals surface area contributed by atoms with E-state index in [1.54, 1.807) is 19.5 Å². The molecule has 2 rings (SSSR count). The molecule has 56 valence electrons. The van der Waals surface area contributed by atoms with Gasteiger partial charge in [-0.25, -0.2) is 0 Å². The van der Waals surface area contributed by atoms with Gasteiger partial charge in [-0.1, -0.05) is 0 Å². The lowest BCUT2D eigenvalue weighted by atomic mass is 10.3. The van der Waals surface area contributed by atoms with Gasteiger partial charge in [0.1, 0.15) is 0 Å². The molecule has 0 saturated carbocycles. The zero-order valence-electron chi connectivity index (χ0n) is 6.03. The number of methoxy groups -OCH3 is 1. The standard InChI is InChI=1S/C7H7N3O/c1-11-7-5-4-8-3-2-6(5)9-10-7/h2-4H,1H3,(H,9,10). The van der Waals surface area contributed by atoms with E-state index in [2.05, 4.69) is 15.2 Å². The summed E-state index contributed by atoms with van der Waals surface area (Å²) < 4.78 is 4.99. The average molecular weight is 149 g/mol. The number of H-pyrrole nitrogens is 1. The van der Waals surface area contributed by atoms with Crippen molar-refractivity contribution in [1.82, 2.24) is 15.2 Å². The molecule has 2 heterocycles. The van der Waals surface area contributed by atoms with Crippen molar-refractivity contribution in [2.45, 2.75) is 0 Å². The molecule has 11 heavy (non-hydrogen) atoms. The van der Waals surface area contributed by atoms with Crippen molar-refractivity contribution in [3.63, 3.8) is 0 Å². The SMILES string of the molecule is COc1n[nH]c2ccncc12. The molecular formula is C7H7N3O. The second-order valence-corrected chi connectivity index (χ2v) is 2.15. The first kappa shape index (κ1) is 6.15. The van der Waals surface area contributed by atoms with Crippen molar-refractivity contribution < 1.29 is 4.74 Å². The maximum absolute atomic E-state index is 4.99. The minimum absolute atomic E-state index is 0.591. The van der Waals surface area contributed by atoms with Crippen LogP contribution >= 0.6 is 0 Å². The highest BCUT2D eigenvalue weighted by atomic mass is 16.5. The van der Waals surface area contributed by atoms with Gasteiger partial charge in [0.2, 0.25) is 5.88 Å². The lowest BCUT2D eigenvalue weighted by Crippen LogP contribution is -1.81. The first-order chi connectivity index (χ1) is 5.42. The zero-order chi connectivity index (χ0) is 7.68. The predicted molar refractivity (Wildman–Crippen MR) is 40.4 cm³/mol. The minimum atomic E-state index is 0.591. The van der Waals surface area contributed by atoms with Crippen LogP contribution in [0, 0.1) is 0 Å². The molecular weight excluding hydrogens is 142 g/mol. The number of fused-ring (bicyclic) bond motifs is 1. The van der Waals surface area contributed by atoms with Crippen LogP contribution in [0.1, 0.15) is 0 Å². The molecule has 0 aliphatic carbocycles.